The van der Waals surface area contributed by atoms with Crippen LogP contribution in [0.15, 0.2) is 12.1 Å². The minimum atomic E-state index is -0.611. The van der Waals surface area contributed by atoms with Crippen molar-refractivity contribution in [2.45, 2.75) is 6.92 Å². The molecule has 70 valence electrons. The molecule has 1 aromatic carbocycles. The third-order valence-electron chi connectivity index (χ3n) is 1.75. The van der Waals surface area contributed by atoms with Crippen molar-refractivity contribution in [1.29, 1.82) is 0 Å². The molecule has 0 radical (unpaired) electrons. The van der Waals surface area contributed by atoms with Crippen LogP contribution in [0.4, 0.5) is 15.8 Å². The standard InChI is InChI=1S/C8H9FN2O2/c1-5-3-7(10-2)6(9)4-8(5)11(12)13/h3-4,10H,1-2H3. The number of nitro groups is 1. The van der Waals surface area contributed by atoms with Gasteiger partial charge < -0.3 is 5.32 Å². The van der Waals surface area contributed by atoms with Crippen LogP contribution >= 0.6 is 0 Å². The SMILES string of the molecule is CNc1cc(C)c([N+](=O)[O-])cc1F. The Morgan fingerprint density at radius 3 is 2.62 bits per heavy atom. The van der Waals surface area contributed by atoms with Crippen LogP contribution in [-0.2, 0) is 0 Å². The summed E-state index contributed by atoms with van der Waals surface area (Å²) in [6.45, 7) is 1.57. The molecule has 0 aliphatic carbocycles. The molecule has 0 saturated carbocycles. The second-order valence-electron chi connectivity index (χ2n) is 2.63. The number of hydrogen-bond donors (Lipinski definition) is 1. The molecular weight excluding hydrogens is 175 g/mol. The molecule has 13 heavy (non-hydrogen) atoms. The molecule has 1 rings (SSSR count). The number of benzene rings is 1. The van der Waals surface area contributed by atoms with Gasteiger partial charge in [0.15, 0.2) is 5.82 Å². The summed E-state index contributed by atoms with van der Waals surface area (Å²) in [6, 6.07) is 2.33. The molecule has 0 atom stereocenters. The van der Waals surface area contributed by atoms with E-state index in [4.69, 9.17) is 0 Å². The van der Waals surface area contributed by atoms with Crippen molar-refractivity contribution < 1.29 is 9.31 Å². The van der Waals surface area contributed by atoms with Gasteiger partial charge in [0.1, 0.15) is 0 Å². The van der Waals surface area contributed by atoms with Crippen molar-refractivity contribution in [3.8, 4) is 0 Å². The zero-order valence-electron chi connectivity index (χ0n) is 7.30. The average molecular weight is 184 g/mol. The number of nitrogens with one attached hydrogen (secondary N) is 1. The van der Waals surface area contributed by atoms with Gasteiger partial charge in [-0.25, -0.2) is 4.39 Å². The molecule has 0 fully saturated rings. The molecule has 0 aromatic heterocycles. The van der Waals surface area contributed by atoms with Crippen LogP contribution in [0.25, 0.3) is 0 Å². The van der Waals surface area contributed by atoms with Gasteiger partial charge in [-0.05, 0) is 13.0 Å². The monoisotopic (exact) mass is 184 g/mol. The second kappa shape index (κ2) is 3.38. The summed E-state index contributed by atoms with van der Waals surface area (Å²) in [6.07, 6.45) is 0. The molecule has 0 spiro atoms. The van der Waals surface area contributed by atoms with Crippen molar-refractivity contribution in [3.63, 3.8) is 0 Å². The molecule has 0 saturated heterocycles. The summed E-state index contributed by atoms with van der Waals surface area (Å²) < 4.78 is 13.0. The lowest BCUT2D eigenvalue weighted by Crippen LogP contribution is -1.97. The lowest BCUT2D eigenvalue weighted by atomic mass is 10.2. The molecule has 4 nitrogen and oxygen atoms in total. The fraction of sp³-hybridized carbons (Fsp3) is 0.250. The maximum absolute atomic E-state index is 13.0. The first-order chi connectivity index (χ1) is 6.06. The maximum Gasteiger partial charge on any atom is 0.275 e. The molecule has 0 unspecified atom stereocenters. The van der Waals surface area contributed by atoms with E-state index in [1.807, 2.05) is 0 Å². The Morgan fingerprint density at radius 1 is 1.54 bits per heavy atom. The average Bonchev–Trinajstić information content (AvgIpc) is 2.07. The van der Waals surface area contributed by atoms with Crippen molar-refractivity contribution in [1.82, 2.24) is 0 Å². The smallest absolute Gasteiger partial charge is 0.275 e. The van der Waals surface area contributed by atoms with Crippen LogP contribution in [0.1, 0.15) is 5.56 Å². The van der Waals surface area contributed by atoms with E-state index in [0.29, 0.717) is 5.56 Å². The maximum atomic E-state index is 13.0. The van der Waals surface area contributed by atoms with Gasteiger partial charge in [-0.15, -0.1) is 0 Å². The minimum absolute atomic E-state index is 0.198. The summed E-state index contributed by atoms with van der Waals surface area (Å²) in [4.78, 5) is 9.79. The van der Waals surface area contributed by atoms with Crippen molar-refractivity contribution >= 4 is 11.4 Å². The first-order valence-electron chi connectivity index (χ1n) is 3.68. The minimum Gasteiger partial charge on any atom is -0.386 e. The first kappa shape index (κ1) is 9.44. The van der Waals surface area contributed by atoms with Gasteiger partial charge in [0, 0.05) is 12.6 Å². The summed E-state index contributed by atoms with van der Waals surface area (Å²) >= 11 is 0. The van der Waals surface area contributed by atoms with Crippen LogP contribution in [-0.4, -0.2) is 12.0 Å². The number of rotatable bonds is 2. The van der Waals surface area contributed by atoms with Crippen LogP contribution in [0, 0.1) is 22.9 Å². The molecular formula is C8H9FN2O2. The Hall–Kier alpha value is -1.65. The number of halogens is 1. The van der Waals surface area contributed by atoms with Crippen LogP contribution in [0.2, 0.25) is 0 Å². The van der Waals surface area contributed by atoms with Gasteiger partial charge in [-0.1, -0.05) is 0 Å². The zero-order chi connectivity index (χ0) is 10.0. The Labute approximate surface area is 74.5 Å². The van der Waals surface area contributed by atoms with Gasteiger partial charge in [0.2, 0.25) is 0 Å². The second-order valence-corrected chi connectivity index (χ2v) is 2.63. The summed E-state index contributed by atoms with van der Waals surface area (Å²) in [7, 11) is 1.56. The van der Waals surface area contributed by atoms with Crippen LogP contribution in [0.3, 0.4) is 0 Å². The highest BCUT2D eigenvalue weighted by molar-refractivity contribution is 5.54. The molecule has 0 bridgehead atoms. The summed E-state index contributed by atoms with van der Waals surface area (Å²) in [5.74, 6) is -0.611. The van der Waals surface area contributed by atoms with Gasteiger partial charge in [-0.3, -0.25) is 10.1 Å². The van der Waals surface area contributed by atoms with Crippen LogP contribution in [0.5, 0.6) is 0 Å². The number of aryl methyl sites for hydroxylation is 1. The van der Waals surface area contributed by atoms with E-state index in [1.165, 1.54) is 6.07 Å². The van der Waals surface area contributed by atoms with E-state index < -0.39 is 10.7 Å². The van der Waals surface area contributed by atoms with E-state index in [0.717, 1.165) is 6.07 Å². The first-order valence-corrected chi connectivity index (χ1v) is 3.68. The quantitative estimate of drug-likeness (QED) is 0.565. The van der Waals surface area contributed by atoms with Crippen molar-refractivity contribution in [2.24, 2.45) is 0 Å². The molecule has 1 N–H and O–H groups in total. The lowest BCUT2D eigenvalue weighted by Gasteiger charge is -2.03. The molecule has 0 aliphatic rings. The highest BCUT2D eigenvalue weighted by atomic mass is 19.1. The molecule has 0 amide bonds. The topological polar surface area (TPSA) is 55.2 Å². The van der Waals surface area contributed by atoms with Crippen LogP contribution < -0.4 is 5.32 Å². The summed E-state index contributed by atoms with van der Waals surface area (Å²) in [5, 5.41) is 13.0. The van der Waals surface area contributed by atoms with Gasteiger partial charge in [0.05, 0.1) is 16.7 Å². The van der Waals surface area contributed by atoms with E-state index in [1.54, 1.807) is 14.0 Å². The van der Waals surface area contributed by atoms with Crippen molar-refractivity contribution in [3.05, 3.63) is 33.6 Å². The van der Waals surface area contributed by atoms with Gasteiger partial charge in [0.25, 0.3) is 5.69 Å². The van der Waals surface area contributed by atoms with E-state index >= 15 is 0 Å². The Kier molecular flexibility index (Phi) is 2.46. The molecule has 1 aromatic rings. The number of hydrogen-bond acceptors (Lipinski definition) is 3. The van der Waals surface area contributed by atoms with Gasteiger partial charge in [-0.2, -0.15) is 0 Å². The Bertz CT molecular complexity index is 352. The number of anilines is 1. The van der Waals surface area contributed by atoms with E-state index in [2.05, 4.69) is 5.32 Å². The largest absolute Gasteiger partial charge is 0.386 e. The molecule has 0 heterocycles. The van der Waals surface area contributed by atoms with E-state index in [-0.39, 0.29) is 11.4 Å². The predicted octanol–water partition coefficient (Wildman–Crippen LogP) is 2.08. The Morgan fingerprint density at radius 2 is 2.15 bits per heavy atom. The van der Waals surface area contributed by atoms with Crippen molar-refractivity contribution in [2.75, 3.05) is 12.4 Å². The van der Waals surface area contributed by atoms with E-state index in [9.17, 15) is 14.5 Å². The van der Waals surface area contributed by atoms with Gasteiger partial charge >= 0.3 is 0 Å². The number of nitro benzene ring substituents is 1. The molecule has 0 aliphatic heterocycles. The third kappa shape index (κ3) is 1.74. The fourth-order valence-electron chi connectivity index (χ4n) is 1.06. The summed E-state index contributed by atoms with van der Waals surface area (Å²) in [5.41, 5.74) is 0.510. The fourth-order valence-corrected chi connectivity index (χ4v) is 1.06. The number of nitrogens with zero attached hydrogens (tertiary/aromatic N) is 1. The highest BCUT2D eigenvalue weighted by Gasteiger charge is 2.14. The normalized spacial score (nSPS) is 9.77. The Balaban J connectivity index is 3.28. The predicted molar refractivity (Wildman–Crippen MR) is 47.3 cm³/mol. The lowest BCUT2D eigenvalue weighted by molar-refractivity contribution is -0.385. The highest BCUT2D eigenvalue weighted by Crippen LogP contribution is 2.24. The molecule has 5 heteroatoms. The zero-order valence-corrected chi connectivity index (χ0v) is 7.30. The third-order valence-corrected chi connectivity index (χ3v) is 1.75.